The number of halogens is 4. The van der Waals surface area contributed by atoms with Crippen molar-refractivity contribution in [2.45, 2.75) is 0 Å². The summed E-state index contributed by atoms with van der Waals surface area (Å²) in [6, 6.07) is 10.0. The average molecular weight is 428 g/mol. The van der Waals surface area contributed by atoms with Crippen LogP contribution in [0.4, 0.5) is 8.78 Å². The summed E-state index contributed by atoms with van der Waals surface area (Å²) in [6.45, 7) is 1.71. The van der Waals surface area contributed by atoms with E-state index in [1.165, 1.54) is 24.3 Å². The fourth-order valence-electron chi connectivity index (χ4n) is 1.56. The highest BCUT2D eigenvalue weighted by molar-refractivity contribution is 7.48. The minimum Gasteiger partial charge on any atom is -0.392 e. The van der Waals surface area contributed by atoms with Gasteiger partial charge in [0, 0.05) is 24.8 Å². The normalized spacial score (nSPS) is 10.7. The van der Waals surface area contributed by atoms with Crippen molar-refractivity contribution < 1.29 is 27.3 Å². The monoisotopic (exact) mass is 427 g/mol. The SMILES string of the molecule is ClCCNCCCl.O=P(O)(Oc1ccccc1F)Oc1ccccc1F. The van der Waals surface area contributed by atoms with Gasteiger partial charge >= 0.3 is 7.82 Å². The number of phosphoric acid groups is 1. The highest BCUT2D eigenvalue weighted by Gasteiger charge is 2.27. The molecule has 2 aromatic carbocycles. The Hall–Kier alpha value is -1.37. The zero-order valence-electron chi connectivity index (χ0n) is 13.6. The molecule has 2 N–H and O–H groups in total. The van der Waals surface area contributed by atoms with Gasteiger partial charge in [-0.3, -0.25) is 4.89 Å². The van der Waals surface area contributed by atoms with Gasteiger partial charge in [0.2, 0.25) is 0 Å². The second-order valence-electron chi connectivity index (χ2n) is 4.64. The molecule has 0 unspecified atom stereocenters. The van der Waals surface area contributed by atoms with Crippen LogP contribution in [-0.4, -0.2) is 29.7 Å². The van der Waals surface area contributed by atoms with Crippen LogP contribution >= 0.6 is 31.0 Å². The molecule has 0 aromatic heterocycles. The number of nitrogens with one attached hydrogen (secondary N) is 1. The molecule has 2 aromatic rings. The summed E-state index contributed by atoms with van der Waals surface area (Å²) < 4.78 is 47.2. The predicted octanol–water partition coefficient (Wildman–Crippen LogP) is 4.58. The topological polar surface area (TPSA) is 67.8 Å². The van der Waals surface area contributed by atoms with E-state index in [4.69, 9.17) is 23.2 Å². The molecule has 26 heavy (non-hydrogen) atoms. The second-order valence-corrected chi connectivity index (χ2v) is 6.70. The van der Waals surface area contributed by atoms with Gasteiger partial charge in [0.05, 0.1) is 0 Å². The summed E-state index contributed by atoms with van der Waals surface area (Å²) >= 11 is 10.7. The van der Waals surface area contributed by atoms with E-state index in [0.29, 0.717) is 11.8 Å². The van der Waals surface area contributed by atoms with Crippen molar-refractivity contribution in [2.75, 3.05) is 24.8 Å². The van der Waals surface area contributed by atoms with Crippen molar-refractivity contribution in [2.24, 2.45) is 0 Å². The van der Waals surface area contributed by atoms with Gasteiger partial charge in [-0.05, 0) is 24.3 Å². The van der Waals surface area contributed by atoms with Crippen molar-refractivity contribution in [1.29, 1.82) is 0 Å². The number of rotatable bonds is 8. The minimum atomic E-state index is -4.67. The van der Waals surface area contributed by atoms with Gasteiger partial charge in [-0.25, -0.2) is 13.3 Å². The molecule has 0 spiro atoms. The maximum Gasteiger partial charge on any atom is 0.585 e. The number of alkyl halides is 2. The van der Waals surface area contributed by atoms with E-state index in [1.54, 1.807) is 0 Å². The van der Waals surface area contributed by atoms with Crippen LogP contribution in [0.25, 0.3) is 0 Å². The van der Waals surface area contributed by atoms with E-state index in [0.717, 1.165) is 37.4 Å². The first-order valence-electron chi connectivity index (χ1n) is 7.43. The highest BCUT2D eigenvalue weighted by atomic mass is 35.5. The van der Waals surface area contributed by atoms with Gasteiger partial charge in [-0.2, -0.15) is 0 Å². The molecule has 0 radical (unpaired) electrons. The Morgan fingerprint density at radius 1 is 0.885 bits per heavy atom. The largest absolute Gasteiger partial charge is 0.585 e. The lowest BCUT2D eigenvalue weighted by atomic mass is 10.3. The van der Waals surface area contributed by atoms with Crippen molar-refractivity contribution in [1.82, 2.24) is 5.32 Å². The standard InChI is InChI=1S/C12H9F2O4P.C4H9Cl2N/c13-9-5-1-3-7-11(9)17-19(15,16)18-12-8-4-2-6-10(12)14;5-1-3-7-4-2-6/h1-8H,(H,15,16);7H,1-4H2. The lowest BCUT2D eigenvalue weighted by molar-refractivity contribution is 0.281. The fourth-order valence-corrected chi connectivity index (χ4v) is 2.66. The van der Waals surface area contributed by atoms with Crippen LogP contribution in [0.3, 0.4) is 0 Å². The molecule has 0 fully saturated rings. The Bertz CT molecular complexity index is 669. The molecule has 2 rings (SSSR count). The third-order valence-electron chi connectivity index (χ3n) is 2.64. The maximum absolute atomic E-state index is 13.3. The lowest BCUT2D eigenvalue weighted by Gasteiger charge is -2.14. The Labute approximate surface area is 160 Å². The Morgan fingerprint density at radius 3 is 1.62 bits per heavy atom. The van der Waals surface area contributed by atoms with E-state index >= 15 is 0 Å². The van der Waals surface area contributed by atoms with Gasteiger partial charge in [0.15, 0.2) is 23.1 Å². The molecule has 0 aliphatic heterocycles. The summed E-state index contributed by atoms with van der Waals surface area (Å²) in [4.78, 5) is 9.45. The molecule has 10 heteroatoms. The summed E-state index contributed by atoms with van der Waals surface area (Å²) in [5.74, 6) is -1.23. The zero-order valence-corrected chi connectivity index (χ0v) is 16.0. The fraction of sp³-hybridized carbons (Fsp3) is 0.250. The van der Waals surface area contributed by atoms with Crippen LogP contribution < -0.4 is 14.4 Å². The van der Waals surface area contributed by atoms with Gasteiger partial charge in [0.1, 0.15) is 0 Å². The van der Waals surface area contributed by atoms with E-state index in [9.17, 15) is 18.2 Å². The molecule has 0 heterocycles. The smallest absolute Gasteiger partial charge is 0.392 e. The van der Waals surface area contributed by atoms with Crippen molar-refractivity contribution >= 4 is 31.0 Å². The van der Waals surface area contributed by atoms with Crippen LogP contribution in [0.15, 0.2) is 48.5 Å². The van der Waals surface area contributed by atoms with E-state index < -0.39 is 31.0 Å². The number of hydrogen-bond donors (Lipinski definition) is 2. The summed E-state index contributed by atoms with van der Waals surface area (Å²) in [6.07, 6.45) is 0. The predicted molar refractivity (Wildman–Crippen MR) is 98.2 cm³/mol. The van der Waals surface area contributed by atoms with E-state index in [2.05, 4.69) is 14.4 Å². The molecule has 144 valence electrons. The van der Waals surface area contributed by atoms with Crippen LogP contribution in [-0.2, 0) is 4.57 Å². The molecular weight excluding hydrogens is 410 g/mol. The van der Waals surface area contributed by atoms with E-state index in [1.807, 2.05) is 0 Å². The number of benzene rings is 2. The maximum atomic E-state index is 13.3. The highest BCUT2D eigenvalue weighted by Crippen LogP contribution is 2.45. The first-order chi connectivity index (χ1) is 12.4. The third kappa shape index (κ3) is 8.83. The zero-order chi connectivity index (χ0) is 19.4. The molecule has 0 aliphatic rings. The van der Waals surface area contributed by atoms with Gasteiger partial charge < -0.3 is 14.4 Å². The Morgan fingerprint density at radius 2 is 1.27 bits per heavy atom. The van der Waals surface area contributed by atoms with Crippen molar-refractivity contribution in [3.8, 4) is 11.5 Å². The number of para-hydroxylation sites is 2. The summed E-state index contributed by atoms with van der Waals surface area (Å²) in [5.41, 5.74) is 0. The van der Waals surface area contributed by atoms with Gasteiger partial charge in [0.25, 0.3) is 0 Å². The first-order valence-corrected chi connectivity index (χ1v) is 9.99. The average Bonchev–Trinajstić information content (AvgIpc) is 2.60. The molecule has 0 amide bonds. The van der Waals surface area contributed by atoms with Crippen molar-refractivity contribution in [3.05, 3.63) is 60.2 Å². The second kappa shape index (κ2) is 12.1. The molecule has 0 atom stereocenters. The summed E-state index contributed by atoms with van der Waals surface area (Å²) in [5, 5.41) is 3.02. The number of hydrogen-bond acceptors (Lipinski definition) is 4. The minimum absolute atomic E-state index is 0.454. The van der Waals surface area contributed by atoms with Gasteiger partial charge in [-0.1, -0.05) is 24.3 Å². The Kier molecular flexibility index (Phi) is 10.5. The third-order valence-corrected chi connectivity index (χ3v) is 3.88. The van der Waals surface area contributed by atoms with Crippen LogP contribution in [0.1, 0.15) is 0 Å². The first kappa shape index (κ1) is 22.7. The van der Waals surface area contributed by atoms with Crippen molar-refractivity contribution in [3.63, 3.8) is 0 Å². The summed E-state index contributed by atoms with van der Waals surface area (Å²) in [7, 11) is -4.67. The van der Waals surface area contributed by atoms with Gasteiger partial charge in [-0.15, -0.1) is 23.2 Å². The number of phosphoric ester groups is 1. The molecule has 0 bridgehead atoms. The van der Waals surface area contributed by atoms with E-state index in [-0.39, 0.29) is 0 Å². The quantitative estimate of drug-likeness (QED) is 0.366. The lowest BCUT2D eigenvalue weighted by Crippen LogP contribution is -2.18. The molecular formula is C16H18Cl2F2NO4P. The molecule has 0 saturated carbocycles. The van der Waals surface area contributed by atoms with Crippen LogP contribution in [0.2, 0.25) is 0 Å². The Balaban J connectivity index is 0.000000412. The van der Waals surface area contributed by atoms with Crippen LogP contribution in [0.5, 0.6) is 11.5 Å². The van der Waals surface area contributed by atoms with Crippen LogP contribution in [0, 0.1) is 11.6 Å². The molecule has 0 saturated heterocycles. The molecule has 5 nitrogen and oxygen atoms in total. The molecule has 0 aliphatic carbocycles.